The minimum atomic E-state index is -2.87. The SMILES string of the molecule is C=C(C)[C@@H]1CC[C@]2(NCCN3CCS(=O)(=O)CC3)CC[C@]3(C)[C@H](CC[C@@H]4[C@@]5(C)CC=C(C6=CCC(CCOc7cnccn7)(C(=O)OC(C)C)CC6)C(C)(C)[C@@H]5CC[C@]43C)[C@@H]12. The van der Waals surface area contributed by atoms with E-state index in [1.807, 2.05) is 13.8 Å². The molecule has 1 N–H and O–H groups in total. The molecule has 0 radical (unpaired) electrons. The van der Waals surface area contributed by atoms with Crippen molar-refractivity contribution in [2.75, 3.05) is 44.3 Å². The van der Waals surface area contributed by atoms with Crippen molar-refractivity contribution in [3.05, 3.63) is 54.0 Å². The third-order valence-electron chi connectivity index (χ3n) is 19.1. The molecule has 8 rings (SSSR count). The Labute approximate surface area is 368 Å². The van der Waals surface area contributed by atoms with E-state index >= 15 is 0 Å². The second-order valence-electron chi connectivity index (χ2n) is 22.6. The van der Waals surface area contributed by atoms with Gasteiger partial charge >= 0.3 is 5.97 Å². The fraction of sp³-hybridized carbons (Fsp3) is 0.784. The summed E-state index contributed by atoms with van der Waals surface area (Å²) >= 11 is 0. The number of aromatic nitrogens is 2. The molecule has 1 saturated heterocycles. The van der Waals surface area contributed by atoms with Crippen LogP contribution in [0.5, 0.6) is 5.88 Å². The number of esters is 1. The molecule has 7 aliphatic rings. The molecule has 0 bridgehead atoms. The fourth-order valence-corrected chi connectivity index (χ4v) is 17.0. The first kappa shape index (κ1) is 45.0. The van der Waals surface area contributed by atoms with Gasteiger partial charge in [0.1, 0.15) is 0 Å². The zero-order valence-corrected chi connectivity index (χ0v) is 39.8. The summed E-state index contributed by atoms with van der Waals surface area (Å²) in [5.74, 6) is 4.07. The number of nitrogens with zero attached hydrogens (tertiary/aromatic N) is 3. The van der Waals surface area contributed by atoms with Crippen LogP contribution in [-0.2, 0) is 19.4 Å². The number of sulfone groups is 1. The molecule has 0 spiro atoms. The van der Waals surface area contributed by atoms with Crippen LogP contribution in [-0.4, -0.2) is 85.2 Å². The summed E-state index contributed by atoms with van der Waals surface area (Å²) in [5, 5.41) is 4.24. The normalized spacial score (nSPS) is 40.4. The second-order valence-corrected chi connectivity index (χ2v) is 24.9. The Morgan fingerprint density at radius 3 is 2.38 bits per heavy atom. The summed E-state index contributed by atoms with van der Waals surface area (Å²) in [7, 11) is -2.87. The molecule has 4 saturated carbocycles. The lowest BCUT2D eigenvalue weighted by molar-refractivity contribution is -0.221. The molecule has 0 amide bonds. The zero-order valence-electron chi connectivity index (χ0n) is 39.0. The van der Waals surface area contributed by atoms with E-state index in [9.17, 15) is 13.2 Å². The molecule has 61 heavy (non-hydrogen) atoms. The van der Waals surface area contributed by atoms with Gasteiger partial charge in [0.25, 0.3) is 0 Å². The molecule has 1 aromatic rings. The maximum absolute atomic E-state index is 13.8. The van der Waals surface area contributed by atoms with Crippen LogP contribution in [0.2, 0.25) is 0 Å². The Kier molecular flexibility index (Phi) is 12.1. The van der Waals surface area contributed by atoms with Crippen LogP contribution < -0.4 is 10.1 Å². The zero-order chi connectivity index (χ0) is 43.6. The summed E-state index contributed by atoms with van der Waals surface area (Å²) in [5.41, 5.74) is 4.66. The number of hydrogen-bond acceptors (Lipinski definition) is 9. The number of hydrogen-bond donors (Lipinski definition) is 1. The highest BCUT2D eigenvalue weighted by atomic mass is 32.2. The first-order valence-corrected chi connectivity index (χ1v) is 25.9. The van der Waals surface area contributed by atoms with Crippen LogP contribution >= 0.6 is 0 Å². The number of allylic oxidation sites excluding steroid dienone is 5. The largest absolute Gasteiger partial charge is 0.477 e. The van der Waals surface area contributed by atoms with Crippen LogP contribution in [0.4, 0.5) is 0 Å². The maximum Gasteiger partial charge on any atom is 0.312 e. The molecule has 1 aliphatic heterocycles. The van der Waals surface area contributed by atoms with Gasteiger partial charge in [-0.15, -0.1) is 0 Å². The van der Waals surface area contributed by atoms with E-state index in [2.05, 4.69) is 80.5 Å². The Balaban J connectivity index is 1.00. The maximum atomic E-state index is 13.8. The molecular weight excluding hydrogens is 781 g/mol. The van der Waals surface area contributed by atoms with Gasteiger partial charge in [0, 0.05) is 44.1 Å². The minimum absolute atomic E-state index is 0.0339. The van der Waals surface area contributed by atoms with Crippen molar-refractivity contribution in [1.29, 1.82) is 0 Å². The third kappa shape index (κ3) is 7.80. The molecule has 1 unspecified atom stereocenters. The summed E-state index contributed by atoms with van der Waals surface area (Å²) < 4.78 is 36.1. The van der Waals surface area contributed by atoms with E-state index in [0.29, 0.717) is 79.5 Å². The monoisotopic (exact) mass is 859 g/mol. The van der Waals surface area contributed by atoms with Crippen LogP contribution in [0, 0.1) is 56.7 Å². The van der Waals surface area contributed by atoms with Crippen molar-refractivity contribution in [3.8, 4) is 5.88 Å². The van der Waals surface area contributed by atoms with Gasteiger partial charge in [0.2, 0.25) is 5.88 Å². The Bertz CT molecular complexity index is 1980. The molecular formula is C51H78N4O5S. The van der Waals surface area contributed by atoms with Crippen LogP contribution in [0.25, 0.3) is 0 Å². The summed E-state index contributed by atoms with van der Waals surface area (Å²) in [6.45, 7) is 27.6. The van der Waals surface area contributed by atoms with Crippen molar-refractivity contribution in [2.45, 2.75) is 151 Å². The average molecular weight is 859 g/mol. The number of fused-ring (bicyclic) bond motifs is 7. The fourth-order valence-electron chi connectivity index (χ4n) is 15.7. The van der Waals surface area contributed by atoms with Crippen molar-refractivity contribution >= 4 is 15.8 Å². The third-order valence-corrected chi connectivity index (χ3v) is 20.7. The molecule has 1 aromatic heterocycles. The van der Waals surface area contributed by atoms with Crippen molar-refractivity contribution < 1.29 is 22.7 Å². The highest BCUT2D eigenvalue weighted by molar-refractivity contribution is 7.91. The summed E-state index contributed by atoms with van der Waals surface area (Å²) in [6, 6.07) is 0. The topological polar surface area (TPSA) is 111 Å². The molecule has 2 heterocycles. The first-order chi connectivity index (χ1) is 28.8. The highest BCUT2D eigenvalue weighted by Crippen LogP contribution is 2.76. The number of carbonyl (C=O) groups excluding carboxylic acids is 1. The minimum Gasteiger partial charge on any atom is -0.477 e. The summed E-state index contributed by atoms with van der Waals surface area (Å²) in [4.78, 5) is 24.5. The number of nitrogens with one attached hydrogen (secondary N) is 1. The molecule has 6 aliphatic carbocycles. The smallest absolute Gasteiger partial charge is 0.312 e. The quantitative estimate of drug-likeness (QED) is 0.162. The van der Waals surface area contributed by atoms with Gasteiger partial charge in [-0.1, -0.05) is 58.9 Å². The van der Waals surface area contributed by atoms with Gasteiger partial charge in [0.05, 0.1) is 35.8 Å². The average Bonchev–Trinajstić information content (AvgIpc) is 3.59. The lowest BCUT2D eigenvalue weighted by Crippen LogP contribution is -2.68. The van der Waals surface area contributed by atoms with Gasteiger partial charge < -0.3 is 19.7 Å². The number of carbonyl (C=O) groups is 1. The molecule has 5 fully saturated rings. The van der Waals surface area contributed by atoms with Crippen molar-refractivity contribution in [1.82, 2.24) is 20.2 Å². The molecule has 10 atom stereocenters. The van der Waals surface area contributed by atoms with E-state index in [4.69, 9.17) is 9.47 Å². The van der Waals surface area contributed by atoms with Crippen LogP contribution in [0.3, 0.4) is 0 Å². The lowest BCUT2D eigenvalue weighted by Gasteiger charge is -2.72. The molecule has 9 nitrogen and oxygen atoms in total. The number of ether oxygens (including phenoxy) is 2. The highest BCUT2D eigenvalue weighted by Gasteiger charge is 2.70. The number of rotatable bonds is 12. The van der Waals surface area contributed by atoms with E-state index in [-0.39, 0.29) is 39.3 Å². The van der Waals surface area contributed by atoms with Crippen molar-refractivity contribution in [3.63, 3.8) is 0 Å². The van der Waals surface area contributed by atoms with Crippen molar-refractivity contribution in [2.24, 2.45) is 56.7 Å². The predicted molar refractivity (Wildman–Crippen MR) is 244 cm³/mol. The first-order valence-electron chi connectivity index (χ1n) is 24.1. The molecule has 10 heteroatoms. The van der Waals surface area contributed by atoms with Crippen LogP contribution in [0.15, 0.2) is 54.0 Å². The molecule has 0 aromatic carbocycles. The van der Waals surface area contributed by atoms with E-state index in [1.165, 1.54) is 68.1 Å². The van der Waals surface area contributed by atoms with E-state index < -0.39 is 15.3 Å². The Morgan fingerprint density at radius 2 is 1.70 bits per heavy atom. The van der Waals surface area contributed by atoms with Gasteiger partial charge in [0.15, 0.2) is 9.84 Å². The predicted octanol–water partition coefficient (Wildman–Crippen LogP) is 9.56. The van der Waals surface area contributed by atoms with E-state index in [1.54, 1.807) is 18.6 Å². The Morgan fingerprint density at radius 1 is 0.934 bits per heavy atom. The molecule has 338 valence electrons. The lowest BCUT2D eigenvalue weighted by atomic mass is 9.33. The van der Waals surface area contributed by atoms with Gasteiger partial charge in [-0.05, 0) is 167 Å². The van der Waals surface area contributed by atoms with Gasteiger partial charge in [-0.3, -0.25) is 9.78 Å². The van der Waals surface area contributed by atoms with Gasteiger partial charge in [-0.25, -0.2) is 13.4 Å². The standard InChI is InChI=1S/C51H78N4O5S/c1-35(2)38-14-21-51(54-27-28-55-29-32-61(57,58)33-30-55)23-22-48(8)40(44(38)51)10-11-42-47(7)17-15-39(46(5,6)41(47)16-18-49(42,48)9)37-12-19-50(20-13-37,45(56)60-36(3)4)24-31-59-43-34-52-25-26-53-43/h12,15,25-26,34,36,38,40-42,44,54H,1,10-11,13-14,16-24,27-33H2,2-9H3/t38-,40+,41-,42+,44+,47-,48+,49+,50?,51-/m0/s1. The van der Waals surface area contributed by atoms with Crippen LogP contribution in [0.1, 0.15) is 139 Å². The summed E-state index contributed by atoms with van der Waals surface area (Å²) in [6.07, 6.45) is 23.9. The van der Waals surface area contributed by atoms with Gasteiger partial charge in [-0.2, -0.15) is 0 Å². The van der Waals surface area contributed by atoms with E-state index in [0.717, 1.165) is 32.4 Å². The second kappa shape index (κ2) is 16.5. The Hall–Kier alpha value is -2.56.